The van der Waals surface area contributed by atoms with E-state index in [1.54, 1.807) is 0 Å². The van der Waals surface area contributed by atoms with Gasteiger partial charge < -0.3 is 10.1 Å². The smallest absolute Gasteiger partial charge is 0.313 e. The number of benzene rings is 2. The minimum absolute atomic E-state index is 0.131. The molecule has 2 aromatic rings. The van der Waals surface area contributed by atoms with E-state index in [1.165, 1.54) is 0 Å². The van der Waals surface area contributed by atoms with Crippen molar-refractivity contribution in [2.75, 3.05) is 6.61 Å². The third kappa shape index (κ3) is 4.95. The Labute approximate surface area is 142 Å². The maximum Gasteiger partial charge on any atom is 0.313 e. The van der Waals surface area contributed by atoms with Gasteiger partial charge in [0.25, 0.3) is 5.91 Å². The highest BCUT2D eigenvalue weighted by Crippen LogP contribution is 2.20. The number of carbonyl (C=O) groups is 2. The van der Waals surface area contributed by atoms with Crippen LogP contribution in [0.25, 0.3) is 0 Å². The molecule has 0 aromatic heterocycles. The molecule has 0 aliphatic rings. The molecule has 0 fully saturated rings. The fraction of sp³-hybridized carbons (Fsp3) is 0.300. The first-order chi connectivity index (χ1) is 11.6. The van der Waals surface area contributed by atoms with Gasteiger partial charge in [-0.2, -0.15) is 0 Å². The molecule has 126 valence electrons. The molecular formula is C20H23NO3. The average molecular weight is 325 g/mol. The molecule has 0 aliphatic heterocycles. The van der Waals surface area contributed by atoms with Gasteiger partial charge in [-0.3, -0.25) is 9.59 Å². The van der Waals surface area contributed by atoms with Crippen molar-refractivity contribution >= 4 is 11.9 Å². The van der Waals surface area contributed by atoms with E-state index < -0.39 is 0 Å². The van der Waals surface area contributed by atoms with Gasteiger partial charge in [0.05, 0.1) is 12.0 Å². The zero-order valence-corrected chi connectivity index (χ0v) is 14.1. The average Bonchev–Trinajstić information content (AvgIpc) is 2.62. The van der Waals surface area contributed by atoms with Crippen molar-refractivity contribution in [1.29, 1.82) is 0 Å². The van der Waals surface area contributed by atoms with E-state index in [-0.39, 0.29) is 30.4 Å². The second-order valence-corrected chi connectivity index (χ2v) is 5.68. The molecule has 4 heteroatoms. The second kappa shape index (κ2) is 8.87. The largest absolute Gasteiger partial charge is 0.455 e. The number of ether oxygens (including phenoxy) is 1. The lowest BCUT2D eigenvalue weighted by atomic mass is 9.97. The summed E-state index contributed by atoms with van der Waals surface area (Å²) in [6.45, 7) is 3.56. The highest BCUT2D eigenvalue weighted by Gasteiger charge is 2.21. The first kappa shape index (κ1) is 17.7. The van der Waals surface area contributed by atoms with Crippen molar-refractivity contribution in [1.82, 2.24) is 5.32 Å². The summed E-state index contributed by atoms with van der Waals surface area (Å²) in [5.41, 5.74) is 1.91. The van der Waals surface area contributed by atoms with E-state index >= 15 is 0 Å². The Balaban J connectivity index is 1.85. The van der Waals surface area contributed by atoms with Crippen LogP contribution in [0, 0.1) is 0 Å². The maximum atomic E-state index is 12.2. The maximum absolute atomic E-state index is 12.2. The van der Waals surface area contributed by atoms with Crippen molar-refractivity contribution < 1.29 is 14.3 Å². The molecular weight excluding hydrogens is 302 g/mol. The molecule has 2 rings (SSSR count). The normalized spacial score (nSPS) is 12.9. The zero-order valence-electron chi connectivity index (χ0n) is 14.1. The topological polar surface area (TPSA) is 55.4 Å². The molecule has 0 spiro atoms. The molecule has 0 saturated carbocycles. The summed E-state index contributed by atoms with van der Waals surface area (Å²) in [6, 6.07) is 19.0. The highest BCUT2D eigenvalue weighted by atomic mass is 16.5. The molecule has 1 amide bonds. The van der Waals surface area contributed by atoms with E-state index in [4.69, 9.17) is 4.74 Å². The van der Waals surface area contributed by atoms with Crippen LogP contribution in [0.1, 0.15) is 43.4 Å². The van der Waals surface area contributed by atoms with Gasteiger partial charge in [-0.25, -0.2) is 0 Å². The summed E-state index contributed by atoms with van der Waals surface area (Å²) in [6.07, 6.45) is 0.630. The van der Waals surface area contributed by atoms with Gasteiger partial charge in [0.2, 0.25) is 0 Å². The predicted octanol–water partition coefficient (Wildman–Crippen LogP) is 3.60. The quantitative estimate of drug-likeness (QED) is 0.791. The van der Waals surface area contributed by atoms with E-state index in [2.05, 4.69) is 5.32 Å². The lowest BCUT2D eigenvalue weighted by Crippen LogP contribution is -2.32. The van der Waals surface area contributed by atoms with Crippen LogP contribution >= 0.6 is 0 Å². The van der Waals surface area contributed by atoms with Crippen molar-refractivity contribution in [3.8, 4) is 0 Å². The lowest BCUT2D eigenvalue weighted by molar-refractivity contribution is -0.150. The number of nitrogens with one attached hydrogen (secondary N) is 1. The number of rotatable bonds is 7. The number of hydrogen-bond donors (Lipinski definition) is 1. The Morgan fingerprint density at radius 1 is 0.958 bits per heavy atom. The summed E-state index contributed by atoms with van der Waals surface area (Å²) in [5, 5.41) is 2.83. The third-order valence-corrected chi connectivity index (χ3v) is 3.92. The van der Waals surface area contributed by atoms with E-state index in [0.717, 1.165) is 11.1 Å². The van der Waals surface area contributed by atoms with E-state index in [0.29, 0.717) is 6.42 Å². The van der Waals surface area contributed by atoms with Gasteiger partial charge in [-0.15, -0.1) is 0 Å². The van der Waals surface area contributed by atoms with Crippen LogP contribution < -0.4 is 5.32 Å². The van der Waals surface area contributed by atoms with Crippen LogP contribution in [-0.2, 0) is 14.3 Å². The summed E-state index contributed by atoms with van der Waals surface area (Å²) in [7, 11) is 0. The Hall–Kier alpha value is -2.62. The number of esters is 1. The fourth-order valence-corrected chi connectivity index (χ4v) is 2.57. The summed E-state index contributed by atoms with van der Waals surface area (Å²) < 4.78 is 5.20. The van der Waals surface area contributed by atoms with Crippen molar-refractivity contribution in [3.63, 3.8) is 0 Å². The Morgan fingerprint density at radius 2 is 1.50 bits per heavy atom. The van der Waals surface area contributed by atoms with Crippen molar-refractivity contribution in [3.05, 3.63) is 71.8 Å². The molecule has 0 heterocycles. The number of carbonyl (C=O) groups excluding carboxylic acids is 2. The summed E-state index contributed by atoms with van der Waals surface area (Å²) >= 11 is 0. The van der Waals surface area contributed by atoms with Gasteiger partial charge in [-0.05, 0) is 24.5 Å². The number of hydrogen-bond acceptors (Lipinski definition) is 3. The molecule has 0 radical (unpaired) electrons. The van der Waals surface area contributed by atoms with Crippen molar-refractivity contribution in [2.45, 2.75) is 32.2 Å². The second-order valence-electron chi connectivity index (χ2n) is 5.68. The van der Waals surface area contributed by atoms with E-state index in [1.807, 2.05) is 74.5 Å². The van der Waals surface area contributed by atoms with Gasteiger partial charge in [-0.1, -0.05) is 67.6 Å². The first-order valence-corrected chi connectivity index (χ1v) is 8.17. The van der Waals surface area contributed by atoms with E-state index in [9.17, 15) is 9.59 Å². The van der Waals surface area contributed by atoms with Crippen LogP contribution in [0.15, 0.2) is 60.7 Å². The molecule has 0 unspecified atom stereocenters. The Kier molecular flexibility index (Phi) is 6.55. The van der Waals surface area contributed by atoms with Crippen molar-refractivity contribution in [2.24, 2.45) is 0 Å². The lowest BCUT2D eigenvalue weighted by Gasteiger charge is -2.16. The van der Waals surface area contributed by atoms with Crippen LogP contribution in [-0.4, -0.2) is 18.5 Å². The van der Waals surface area contributed by atoms with Gasteiger partial charge >= 0.3 is 5.97 Å². The Morgan fingerprint density at radius 3 is 2.04 bits per heavy atom. The van der Waals surface area contributed by atoms with Crippen LogP contribution in [0.5, 0.6) is 0 Å². The molecule has 0 bridgehead atoms. The Bertz CT molecular complexity index is 655. The fourth-order valence-electron chi connectivity index (χ4n) is 2.57. The van der Waals surface area contributed by atoms with Crippen LogP contribution in [0.3, 0.4) is 0 Å². The monoisotopic (exact) mass is 325 g/mol. The molecule has 2 atom stereocenters. The molecule has 0 saturated heterocycles. The predicted molar refractivity (Wildman–Crippen MR) is 93.4 cm³/mol. The van der Waals surface area contributed by atoms with Gasteiger partial charge in [0.15, 0.2) is 6.61 Å². The summed E-state index contributed by atoms with van der Waals surface area (Å²) in [5.74, 6) is -1.01. The molecule has 1 N–H and O–H groups in total. The zero-order chi connectivity index (χ0) is 17.4. The molecule has 2 aromatic carbocycles. The third-order valence-electron chi connectivity index (χ3n) is 3.92. The number of amides is 1. The SMILES string of the molecule is CC[C@H](C(=O)OCC(=O)N[C@@H](C)c1ccccc1)c1ccccc1. The highest BCUT2D eigenvalue weighted by molar-refractivity contribution is 5.83. The standard InChI is InChI=1S/C20H23NO3/c1-3-18(17-12-8-5-9-13-17)20(23)24-14-19(22)21-15(2)16-10-6-4-7-11-16/h4-13,15,18H,3,14H2,1-2H3,(H,21,22)/t15-,18-/m0/s1. The minimum atomic E-state index is -0.369. The van der Waals surface area contributed by atoms with Gasteiger partial charge in [0.1, 0.15) is 0 Å². The molecule has 0 aliphatic carbocycles. The molecule has 24 heavy (non-hydrogen) atoms. The molecule has 4 nitrogen and oxygen atoms in total. The minimum Gasteiger partial charge on any atom is -0.455 e. The first-order valence-electron chi connectivity index (χ1n) is 8.17. The summed E-state index contributed by atoms with van der Waals surface area (Å²) in [4.78, 5) is 24.2. The van der Waals surface area contributed by atoms with Crippen LogP contribution in [0.4, 0.5) is 0 Å². The van der Waals surface area contributed by atoms with Gasteiger partial charge in [0, 0.05) is 0 Å². The van der Waals surface area contributed by atoms with Crippen LogP contribution in [0.2, 0.25) is 0 Å².